The molecule has 0 aromatic heterocycles. The van der Waals surface area contributed by atoms with Crippen LogP contribution in [0.1, 0.15) is 36.0 Å². The largest absolute Gasteiger partial charge is 0.493 e. The first-order valence-electron chi connectivity index (χ1n) is 8.93. The van der Waals surface area contributed by atoms with Crippen LogP contribution in [0.3, 0.4) is 0 Å². The first kappa shape index (κ1) is 16.4. The van der Waals surface area contributed by atoms with E-state index in [1.807, 2.05) is 12.1 Å². The lowest BCUT2D eigenvalue weighted by atomic mass is 9.68. The van der Waals surface area contributed by atoms with E-state index >= 15 is 0 Å². The van der Waals surface area contributed by atoms with Crippen molar-refractivity contribution >= 4 is 0 Å². The quantitative estimate of drug-likeness (QED) is 0.856. The summed E-state index contributed by atoms with van der Waals surface area (Å²) in [6, 6.07) is 4.30. The number of ether oxygens (including phenoxy) is 2. The fourth-order valence-corrected chi connectivity index (χ4v) is 4.62. The van der Waals surface area contributed by atoms with Gasteiger partial charge in [-0.2, -0.15) is 5.26 Å². The maximum atomic E-state index is 10.1. The summed E-state index contributed by atoms with van der Waals surface area (Å²) in [6.07, 6.45) is 5.63. The van der Waals surface area contributed by atoms with E-state index in [1.165, 1.54) is 16.7 Å². The minimum absolute atomic E-state index is 0.0622. The van der Waals surface area contributed by atoms with Crippen LogP contribution in [0.2, 0.25) is 0 Å². The fourth-order valence-electron chi connectivity index (χ4n) is 4.62. The van der Waals surface area contributed by atoms with Crippen molar-refractivity contribution in [2.75, 3.05) is 20.2 Å². The molecule has 5 heteroatoms. The number of nitrogens with zero attached hydrogens (tertiary/aromatic N) is 2. The maximum absolute atomic E-state index is 10.1. The van der Waals surface area contributed by atoms with Gasteiger partial charge >= 0.3 is 0 Å². The summed E-state index contributed by atoms with van der Waals surface area (Å²) in [4.78, 5) is 2.36. The zero-order valence-corrected chi connectivity index (χ0v) is 14.8. The molecule has 1 aromatic carbocycles. The molecular formula is C20H24N2O3. The van der Waals surface area contributed by atoms with Gasteiger partial charge < -0.3 is 14.6 Å². The van der Waals surface area contributed by atoms with Crippen LogP contribution in [-0.2, 0) is 12.0 Å². The Hall–Kier alpha value is -2.03. The van der Waals surface area contributed by atoms with Crippen LogP contribution in [0, 0.1) is 18.3 Å². The normalized spacial score (nSPS) is 30.0. The molecule has 1 N–H and O–H groups in total. The second kappa shape index (κ2) is 6.05. The van der Waals surface area contributed by atoms with Crippen molar-refractivity contribution in [2.45, 2.75) is 50.4 Å². The number of aliphatic hydroxyl groups is 1. The Kier molecular flexibility index (Phi) is 3.98. The van der Waals surface area contributed by atoms with Gasteiger partial charge in [-0.05, 0) is 37.1 Å². The summed E-state index contributed by atoms with van der Waals surface area (Å²) < 4.78 is 11.9. The van der Waals surface area contributed by atoms with Crippen molar-refractivity contribution in [3.8, 4) is 17.6 Å². The molecule has 3 aliphatic rings. The Bertz CT molecular complexity index is 767. The van der Waals surface area contributed by atoms with E-state index < -0.39 is 6.10 Å². The van der Waals surface area contributed by atoms with Crippen LogP contribution in [0.15, 0.2) is 18.2 Å². The number of nitriles is 1. The predicted molar refractivity (Wildman–Crippen MR) is 93.7 cm³/mol. The molecule has 132 valence electrons. The SMILES string of the molecule is COc1cc(C)c2c3c1OC1C[C@@H](O)C=CC31CCN(CCC#N)C2. The molecule has 5 nitrogen and oxygen atoms in total. The summed E-state index contributed by atoms with van der Waals surface area (Å²) in [7, 11) is 1.68. The number of hydrogen-bond donors (Lipinski definition) is 1. The molecule has 0 bridgehead atoms. The Morgan fingerprint density at radius 1 is 1.52 bits per heavy atom. The van der Waals surface area contributed by atoms with Crippen LogP contribution in [0.5, 0.6) is 11.5 Å². The summed E-state index contributed by atoms with van der Waals surface area (Å²) >= 11 is 0. The second-order valence-electron chi connectivity index (χ2n) is 7.32. The summed E-state index contributed by atoms with van der Waals surface area (Å²) in [5.41, 5.74) is 3.51. The molecule has 0 saturated heterocycles. The minimum atomic E-state index is -0.460. The van der Waals surface area contributed by atoms with E-state index in [0.29, 0.717) is 12.8 Å². The van der Waals surface area contributed by atoms with Crippen LogP contribution in [0.4, 0.5) is 0 Å². The molecular weight excluding hydrogens is 316 g/mol. The zero-order chi connectivity index (χ0) is 17.6. The van der Waals surface area contributed by atoms with Crippen molar-refractivity contribution in [3.05, 3.63) is 34.9 Å². The van der Waals surface area contributed by atoms with E-state index in [0.717, 1.165) is 37.6 Å². The van der Waals surface area contributed by atoms with Gasteiger partial charge in [0.05, 0.1) is 24.7 Å². The predicted octanol–water partition coefficient (Wildman–Crippen LogP) is 2.44. The minimum Gasteiger partial charge on any atom is -0.493 e. The summed E-state index contributed by atoms with van der Waals surface area (Å²) in [5.74, 6) is 1.62. The van der Waals surface area contributed by atoms with Crippen molar-refractivity contribution in [1.82, 2.24) is 4.90 Å². The highest BCUT2D eigenvalue weighted by Gasteiger charge is 2.53. The first-order chi connectivity index (χ1) is 12.1. The first-order valence-corrected chi connectivity index (χ1v) is 8.93. The summed E-state index contributed by atoms with van der Waals surface area (Å²) in [6.45, 7) is 4.64. The van der Waals surface area contributed by atoms with E-state index in [2.05, 4.69) is 24.0 Å². The smallest absolute Gasteiger partial charge is 0.166 e. The lowest BCUT2D eigenvalue weighted by Crippen LogP contribution is -2.43. The molecule has 1 spiro atoms. The molecule has 0 radical (unpaired) electrons. The van der Waals surface area contributed by atoms with Gasteiger partial charge in [-0.15, -0.1) is 0 Å². The molecule has 3 atom stereocenters. The highest BCUT2D eigenvalue weighted by atomic mass is 16.5. The van der Waals surface area contributed by atoms with Crippen LogP contribution >= 0.6 is 0 Å². The third-order valence-corrected chi connectivity index (χ3v) is 5.93. The molecule has 1 aliphatic carbocycles. The lowest BCUT2D eigenvalue weighted by molar-refractivity contribution is 0.0811. The number of hydrogen-bond acceptors (Lipinski definition) is 5. The van der Waals surface area contributed by atoms with E-state index in [4.69, 9.17) is 14.7 Å². The van der Waals surface area contributed by atoms with Gasteiger partial charge in [0, 0.05) is 31.5 Å². The lowest BCUT2D eigenvalue weighted by Gasteiger charge is -2.36. The second-order valence-corrected chi connectivity index (χ2v) is 7.32. The van der Waals surface area contributed by atoms with Gasteiger partial charge in [0.1, 0.15) is 6.10 Å². The van der Waals surface area contributed by atoms with Gasteiger partial charge in [0.2, 0.25) is 0 Å². The van der Waals surface area contributed by atoms with Gasteiger partial charge in [0.25, 0.3) is 0 Å². The Labute approximate surface area is 148 Å². The van der Waals surface area contributed by atoms with E-state index in [1.54, 1.807) is 7.11 Å². The third-order valence-electron chi connectivity index (χ3n) is 5.93. The number of rotatable bonds is 3. The highest BCUT2D eigenvalue weighted by Crippen LogP contribution is 2.56. The standard InChI is InChI=1S/C20H24N2O3/c1-13-10-16(24-2)19-18-15(13)12-22(8-3-7-21)9-6-20(18)5-4-14(23)11-17(20)25-19/h4-5,10,14,17,23H,3,6,8-9,11-12H2,1-2H3/t14-,17?,20?/m0/s1. The van der Waals surface area contributed by atoms with Gasteiger partial charge in [-0.3, -0.25) is 4.90 Å². The molecule has 4 rings (SSSR count). The molecule has 2 aliphatic heterocycles. The molecule has 2 unspecified atom stereocenters. The molecule has 0 saturated carbocycles. The summed E-state index contributed by atoms with van der Waals surface area (Å²) in [5, 5.41) is 19.1. The highest BCUT2D eigenvalue weighted by molar-refractivity contribution is 5.63. The van der Waals surface area contributed by atoms with Crippen LogP contribution < -0.4 is 9.47 Å². The topological polar surface area (TPSA) is 65.7 Å². The monoisotopic (exact) mass is 340 g/mol. The van der Waals surface area contributed by atoms with Gasteiger partial charge in [-0.25, -0.2) is 0 Å². The van der Waals surface area contributed by atoms with E-state index in [-0.39, 0.29) is 11.5 Å². The van der Waals surface area contributed by atoms with Crippen molar-refractivity contribution < 1.29 is 14.6 Å². The Morgan fingerprint density at radius 2 is 2.36 bits per heavy atom. The van der Waals surface area contributed by atoms with Crippen molar-refractivity contribution in [1.29, 1.82) is 5.26 Å². The molecule has 0 fully saturated rings. The molecule has 0 amide bonds. The zero-order valence-electron chi connectivity index (χ0n) is 14.8. The fraction of sp³-hybridized carbons (Fsp3) is 0.550. The Balaban J connectivity index is 1.87. The van der Waals surface area contributed by atoms with Crippen molar-refractivity contribution in [2.24, 2.45) is 0 Å². The van der Waals surface area contributed by atoms with Crippen LogP contribution in [-0.4, -0.2) is 42.4 Å². The van der Waals surface area contributed by atoms with Crippen molar-refractivity contribution in [3.63, 3.8) is 0 Å². The van der Waals surface area contributed by atoms with Gasteiger partial charge in [0.15, 0.2) is 11.5 Å². The van der Waals surface area contributed by atoms with Crippen LogP contribution in [0.25, 0.3) is 0 Å². The molecule has 2 heterocycles. The number of methoxy groups -OCH3 is 1. The molecule has 1 aromatic rings. The van der Waals surface area contributed by atoms with Gasteiger partial charge in [-0.1, -0.05) is 12.2 Å². The average Bonchev–Trinajstić information content (AvgIpc) is 2.83. The van der Waals surface area contributed by atoms with E-state index in [9.17, 15) is 5.11 Å². The Morgan fingerprint density at radius 3 is 3.12 bits per heavy atom. The maximum Gasteiger partial charge on any atom is 0.166 e. The average molecular weight is 340 g/mol. The molecule has 25 heavy (non-hydrogen) atoms. The number of aliphatic hydroxyl groups excluding tert-OH is 1. The number of aryl methyl sites for hydroxylation is 1. The number of benzene rings is 1. The third kappa shape index (κ3) is 2.44.